The van der Waals surface area contributed by atoms with Crippen molar-refractivity contribution in [3.63, 3.8) is 0 Å². The Kier molecular flexibility index (Phi) is 7.82. The molecule has 5 nitrogen and oxygen atoms in total. The summed E-state index contributed by atoms with van der Waals surface area (Å²) in [5.74, 6) is 1.82. The van der Waals surface area contributed by atoms with Crippen LogP contribution < -0.4 is 0 Å². The lowest BCUT2D eigenvalue weighted by Crippen LogP contribution is -2.00. The minimum Gasteiger partial charge on any atom is -0.456 e. The van der Waals surface area contributed by atoms with E-state index >= 15 is 0 Å². The molecule has 0 atom stereocenters. The molecular formula is C52H30N4OS2. The van der Waals surface area contributed by atoms with Crippen LogP contribution in [0.4, 0.5) is 0 Å². The van der Waals surface area contributed by atoms with E-state index < -0.39 is 0 Å². The lowest BCUT2D eigenvalue weighted by Gasteiger charge is -2.10. The van der Waals surface area contributed by atoms with Gasteiger partial charge in [0.2, 0.25) is 0 Å². The zero-order chi connectivity index (χ0) is 38.9. The van der Waals surface area contributed by atoms with Crippen molar-refractivity contribution < 1.29 is 4.42 Å². The van der Waals surface area contributed by atoms with E-state index in [-0.39, 0.29) is 0 Å². The first kappa shape index (κ1) is 33.8. The average Bonchev–Trinajstić information content (AvgIpc) is 4.02. The number of para-hydroxylation sites is 2. The Labute approximate surface area is 346 Å². The van der Waals surface area contributed by atoms with Crippen molar-refractivity contribution in [3.05, 3.63) is 182 Å². The normalized spacial score (nSPS) is 11.7. The molecule has 7 heteroatoms. The zero-order valence-corrected chi connectivity index (χ0v) is 33.0. The fourth-order valence-electron chi connectivity index (χ4n) is 8.07. The molecule has 0 saturated heterocycles. The summed E-state index contributed by atoms with van der Waals surface area (Å²) in [5, 5.41) is 5.69. The number of fused-ring (bicyclic) bond motifs is 7. The molecule has 0 fully saturated rings. The van der Waals surface area contributed by atoms with Gasteiger partial charge in [0.1, 0.15) is 16.2 Å². The third-order valence-electron chi connectivity index (χ3n) is 11.0. The Morgan fingerprint density at radius 3 is 1.85 bits per heavy atom. The van der Waals surface area contributed by atoms with Gasteiger partial charge in [0.15, 0.2) is 17.5 Å². The molecule has 0 bridgehead atoms. The molecule has 0 saturated carbocycles. The highest BCUT2D eigenvalue weighted by Crippen LogP contribution is 2.43. The van der Waals surface area contributed by atoms with E-state index in [0.717, 1.165) is 60.3 Å². The molecule has 0 unspecified atom stereocenters. The van der Waals surface area contributed by atoms with Gasteiger partial charge in [-0.05, 0) is 76.9 Å². The topological polar surface area (TPSA) is 64.7 Å². The number of hydrogen-bond donors (Lipinski definition) is 0. The maximum atomic E-state index is 6.25. The monoisotopic (exact) mass is 790 g/mol. The minimum absolute atomic E-state index is 0.592. The molecule has 0 radical (unpaired) electrons. The van der Waals surface area contributed by atoms with E-state index in [0.29, 0.717) is 17.5 Å². The summed E-state index contributed by atoms with van der Waals surface area (Å²) in [6.45, 7) is 0. The van der Waals surface area contributed by atoms with E-state index in [4.69, 9.17) is 24.4 Å². The minimum atomic E-state index is 0.592. The number of thiophene rings is 1. The van der Waals surface area contributed by atoms with Crippen LogP contribution in [-0.4, -0.2) is 19.9 Å². The zero-order valence-electron chi connectivity index (χ0n) is 31.3. The van der Waals surface area contributed by atoms with Gasteiger partial charge in [0, 0.05) is 53.2 Å². The van der Waals surface area contributed by atoms with Crippen molar-refractivity contribution in [2.75, 3.05) is 0 Å². The van der Waals surface area contributed by atoms with Crippen LogP contribution in [0.3, 0.4) is 0 Å². The van der Waals surface area contributed by atoms with Crippen LogP contribution in [0.2, 0.25) is 0 Å². The summed E-state index contributed by atoms with van der Waals surface area (Å²) < 4.78 is 9.96. The predicted octanol–water partition coefficient (Wildman–Crippen LogP) is 14.8. The lowest BCUT2D eigenvalue weighted by molar-refractivity contribution is 0.669. The molecule has 0 spiro atoms. The molecule has 0 N–H and O–H groups in total. The van der Waals surface area contributed by atoms with Crippen LogP contribution in [0.5, 0.6) is 0 Å². The van der Waals surface area contributed by atoms with E-state index in [2.05, 4.69) is 121 Å². The number of rotatable bonds is 6. The van der Waals surface area contributed by atoms with Crippen LogP contribution in [0.15, 0.2) is 186 Å². The molecule has 276 valence electrons. The van der Waals surface area contributed by atoms with Crippen molar-refractivity contribution in [2.24, 2.45) is 0 Å². The van der Waals surface area contributed by atoms with E-state index in [1.807, 2.05) is 72.0 Å². The third kappa shape index (κ3) is 5.90. The predicted molar refractivity (Wildman–Crippen MR) is 246 cm³/mol. The number of furan rings is 1. The molecular weight excluding hydrogens is 761 g/mol. The molecule has 0 aliphatic heterocycles. The first-order chi connectivity index (χ1) is 29.2. The van der Waals surface area contributed by atoms with Gasteiger partial charge in [-0.15, -0.1) is 22.7 Å². The average molecular weight is 791 g/mol. The van der Waals surface area contributed by atoms with Crippen molar-refractivity contribution >= 4 is 75.0 Å². The molecule has 0 aliphatic rings. The molecule has 8 aromatic carbocycles. The van der Waals surface area contributed by atoms with Crippen molar-refractivity contribution in [1.82, 2.24) is 19.9 Å². The first-order valence-corrected chi connectivity index (χ1v) is 21.1. The molecule has 0 amide bonds. The van der Waals surface area contributed by atoms with Crippen molar-refractivity contribution in [1.29, 1.82) is 0 Å². The number of aromatic nitrogens is 4. The summed E-state index contributed by atoms with van der Waals surface area (Å²) in [5.41, 5.74) is 11.2. The van der Waals surface area contributed by atoms with Crippen LogP contribution in [0, 0.1) is 0 Å². The molecule has 0 aliphatic carbocycles. The number of thiazole rings is 1. The maximum Gasteiger partial charge on any atom is 0.164 e. The van der Waals surface area contributed by atoms with Crippen molar-refractivity contribution in [3.8, 4) is 67.0 Å². The van der Waals surface area contributed by atoms with E-state index in [9.17, 15) is 0 Å². The SMILES string of the molecule is c1ccc(-c2nc(-c3cccc(-c4cccc5c4sc4ccc(-c6cccc(-c7nc8ccccc8s7)c6)cc45)c3)nc(-c3ccc4c(c3)oc3ccccc34)n2)cc1. The van der Waals surface area contributed by atoms with Crippen LogP contribution in [0.25, 0.3) is 119 Å². The number of nitrogens with zero attached hydrogens (tertiary/aromatic N) is 4. The fraction of sp³-hybridized carbons (Fsp3) is 0. The summed E-state index contributed by atoms with van der Waals surface area (Å²) in [7, 11) is 0. The first-order valence-electron chi connectivity index (χ1n) is 19.4. The van der Waals surface area contributed by atoms with E-state index in [1.54, 1.807) is 11.3 Å². The van der Waals surface area contributed by atoms with Gasteiger partial charge in [-0.1, -0.05) is 127 Å². The van der Waals surface area contributed by atoms with Gasteiger partial charge in [-0.3, -0.25) is 0 Å². The molecule has 59 heavy (non-hydrogen) atoms. The Bertz CT molecular complexity index is 3550. The number of hydrogen-bond acceptors (Lipinski definition) is 7. The highest BCUT2D eigenvalue weighted by Gasteiger charge is 2.17. The van der Waals surface area contributed by atoms with Crippen LogP contribution in [-0.2, 0) is 0 Å². The summed E-state index contributed by atoms with van der Waals surface area (Å²) in [6.07, 6.45) is 0. The van der Waals surface area contributed by atoms with Gasteiger partial charge in [0.25, 0.3) is 0 Å². The van der Waals surface area contributed by atoms with Gasteiger partial charge >= 0.3 is 0 Å². The largest absolute Gasteiger partial charge is 0.456 e. The van der Waals surface area contributed by atoms with Gasteiger partial charge < -0.3 is 4.42 Å². The lowest BCUT2D eigenvalue weighted by atomic mass is 9.98. The Morgan fingerprint density at radius 2 is 0.966 bits per heavy atom. The second kappa shape index (κ2) is 13.7. The third-order valence-corrected chi connectivity index (χ3v) is 13.3. The fourth-order valence-corrected chi connectivity index (χ4v) is 10.3. The Balaban J connectivity index is 0.937. The maximum absolute atomic E-state index is 6.25. The highest BCUT2D eigenvalue weighted by atomic mass is 32.1. The van der Waals surface area contributed by atoms with Crippen molar-refractivity contribution in [2.45, 2.75) is 0 Å². The molecule has 4 heterocycles. The van der Waals surface area contributed by atoms with Gasteiger partial charge in [0.05, 0.1) is 10.2 Å². The van der Waals surface area contributed by atoms with E-state index in [1.165, 1.54) is 41.6 Å². The van der Waals surface area contributed by atoms with Gasteiger partial charge in [-0.2, -0.15) is 0 Å². The van der Waals surface area contributed by atoms with Gasteiger partial charge in [-0.25, -0.2) is 19.9 Å². The number of benzene rings is 8. The smallest absolute Gasteiger partial charge is 0.164 e. The summed E-state index contributed by atoms with van der Waals surface area (Å²) in [4.78, 5) is 20.1. The highest BCUT2D eigenvalue weighted by molar-refractivity contribution is 7.26. The quantitative estimate of drug-likeness (QED) is 0.168. The Hall–Kier alpha value is -7.32. The van der Waals surface area contributed by atoms with Crippen LogP contribution >= 0.6 is 22.7 Å². The summed E-state index contributed by atoms with van der Waals surface area (Å²) in [6, 6.07) is 63.5. The molecule has 12 rings (SSSR count). The second-order valence-corrected chi connectivity index (χ2v) is 16.7. The molecule has 4 aromatic heterocycles. The van der Waals surface area contributed by atoms with Crippen LogP contribution in [0.1, 0.15) is 0 Å². The standard InChI is InChI=1S/C52H30N4OS2/c1-2-11-31(12-3-1)49-54-50(56-51(55-49)36-23-25-40-39-17-4-6-21-44(39)57-45(40)30-36)35-15-9-14-34(28-35)38-18-10-19-41-42-29-33(24-26-46(42)58-48(38)41)32-13-8-16-37(27-32)52-53-43-20-5-7-22-47(43)59-52/h1-30H. The Morgan fingerprint density at radius 1 is 0.339 bits per heavy atom. The molecule has 12 aromatic rings. The second-order valence-electron chi connectivity index (χ2n) is 14.6. The summed E-state index contributed by atoms with van der Waals surface area (Å²) >= 11 is 3.57.